The van der Waals surface area contributed by atoms with Crippen molar-refractivity contribution in [3.05, 3.63) is 35.9 Å². The standard InChI is InChI=1S/C16H20O3/c1-14(2,3)19-13(18)16(10-15(16,4)11-17)12-8-6-5-7-9-12/h5-9,11H,10H2,1-4H3/t15-,16+/m1/s1. The Kier molecular flexibility index (Phi) is 3.04. The molecular formula is C16H20O3. The van der Waals surface area contributed by atoms with Gasteiger partial charge in [-0.3, -0.25) is 4.79 Å². The molecule has 0 unspecified atom stereocenters. The molecule has 0 N–H and O–H groups in total. The lowest BCUT2D eigenvalue weighted by Crippen LogP contribution is -2.35. The van der Waals surface area contributed by atoms with Gasteiger partial charge in [-0.05, 0) is 32.8 Å². The molecule has 0 aliphatic heterocycles. The van der Waals surface area contributed by atoms with E-state index < -0.39 is 16.4 Å². The fraction of sp³-hybridized carbons (Fsp3) is 0.500. The maximum atomic E-state index is 12.5. The summed E-state index contributed by atoms with van der Waals surface area (Å²) in [6.45, 7) is 7.33. The molecule has 3 nitrogen and oxygen atoms in total. The first-order valence-corrected chi connectivity index (χ1v) is 6.50. The van der Waals surface area contributed by atoms with Crippen molar-refractivity contribution in [3.63, 3.8) is 0 Å². The fourth-order valence-electron chi connectivity index (χ4n) is 2.59. The lowest BCUT2D eigenvalue weighted by Gasteiger charge is -2.26. The van der Waals surface area contributed by atoms with Crippen LogP contribution >= 0.6 is 0 Å². The van der Waals surface area contributed by atoms with Gasteiger partial charge in [-0.2, -0.15) is 0 Å². The van der Waals surface area contributed by atoms with E-state index in [0.29, 0.717) is 6.42 Å². The Labute approximate surface area is 114 Å². The van der Waals surface area contributed by atoms with Crippen molar-refractivity contribution in [1.82, 2.24) is 0 Å². The lowest BCUT2D eigenvalue weighted by molar-refractivity contribution is -0.159. The quantitative estimate of drug-likeness (QED) is 0.620. The minimum atomic E-state index is -0.816. The van der Waals surface area contributed by atoms with Crippen molar-refractivity contribution in [1.29, 1.82) is 0 Å². The molecule has 2 atom stereocenters. The van der Waals surface area contributed by atoms with Gasteiger partial charge in [0, 0.05) is 5.41 Å². The summed E-state index contributed by atoms with van der Waals surface area (Å²) in [5.74, 6) is -0.305. The molecule has 3 heteroatoms. The van der Waals surface area contributed by atoms with Gasteiger partial charge in [0.2, 0.25) is 0 Å². The van der Waals surface area contributed by atoms with Crippen molar-refractivity contribution in [2.75, 3.05) is 0 Å². The highest BCUT2D eigenvalue weighted by Gasteiger charge is 2.71. The molecule has 0 heterocycles. The van der Waals surface area contributed by atoms with Crippen LogP contribution in [0.3, 0.4) is 0 Å². The van der Waals surface area contributed by atoms with E-state index in [9.17, 15) is 9.59 Å². The van der Waals surface area contributed by atoms with Crippen LogP contribution in [0.15, 0.2) is 30.3 Å². The van der Waals surface area contributed by atoms with E-state index >= 15 is 0 Å². The van der Waals surface area contributed by atoms with Crippen LogP contribution in [0.1, 0.15) is 39.7 Å². The topological polar surface area (TPSA) is 43.4 Å². The van der Waals surface area contributed by atoms with Crippen LogP contribution < -0.4 is 0 Å². The maximum Gasteiger partial charge on any atom is 0.318 e. The number of rotatable bonds is 3. The lowest BCUT2D eigenvalue weighted by atomic mass is 9.87. The van der Waals surface area contributed by atoms with E-state index in [1.54, 1.807) is 0 Å². The summed E-state index contributed by atoms with van der Waals surface area (Å²) in [7, 11) is 0. The molecule has 1 saturated carbocycles. The number of benzene rings is 1. The molecule has 0 amide bonds. The molecular weight excluding hydrogens is 240 g/mol. The van der Waals surface area contributed by atoms with E-state index in [1.165, 1.54) is 0 Å². The third kappa shape index (κ3) is 2.18. The summed E-state index contributed by atoms with van der Waals surface area (Å²) in [6, 6.07) is 9.43. The van der Waals surface area contributed by atoms with Crippen molar-refractivity contribution < 1.29 is 14.3 Å². The van der Waals surface area contributed by atoms with Gasteiger partial charge in [-0.1, -0.05) is 37.3 Å². The third-order valence-electron chi connectivity index (χ3n) is 3.76. The number of aldehydes is 1. The summed E-state index contributed by atoms with van der Waals surface area (Å²) < 4.78 is 5.52. The molecule has 1 aromatic carbocycles. The Hall–Kier alpha value is -1.64. The zero-order valence-corrected chi connectivity index (χ0v) is 11.9. The Morgan fingerprint density at radius 2 is 1.84 bits per heavy atom. The number of hydrogen-bond donors (Lipinski definition) is 0. The molecule has 2 rings (SSSR count). The first-order chi connectivity index (χ1) is 8.75. The molecule has 19 heavy (non-hydrogen) atoms. The second-order valence-corrected chi connectivity index (χ2v) is 6.49. The monoisotopic (exact) mass is 260 g/mol. The van der Waals surface area contributed by atoms with E-state index in [2.05, 4.69) is 0 Å². The normalized spacial score (nSPS) is 29.7. The van der Waals surface area contributed by atoms with Crippen molar-refractivity contribution in [2.45, 2.75) is 45.1 Å². The van der Waals surface area contributed by atoms with E-state index in [1.807, 2.05) is 58.0 Å². The molecule has 102 valence electrons. The summed E-state index contributed by atoms with van der Waals surface area (Å²) >= 11 is 0. The number of carbonyl (C=O) groups is 2. The number of esters is 1. The molecule has 0 aromatic heterocycles. The largest absolute Gasteiger partial charge is 0.459 e. The third-order valence-corrected chi connectivity index (χ3v) is 3.76. The van der Waals surface area contributed by atoms with Crippen molar-refractivity contribution in [2.24, 2.45) is 5.41 Å². The van der Waals surface area contributed by atoms with Crippen LogP contribution in [0.4, 0.5) is 0 Å². The highest BCUT2D eigenvalue weighted by atomic mass is 16.6. The first-order valence-electron chi connectivity index (χ1n) is 6.50. The number of hydrogen-bond acceptors (Lipinski definition) is 3. The summed E-state index contributed by atoms with van der Waals surface area (Å²) in [6.07, 6.45) is 1.40. The predicted molar refractivity (Wildman–Crippen MR) is 72.8 cm³/mol. The second-order valence-electron chi connectivity index (χ2n) is 6.49. The molecule has 1 fully saturated rings. The molecule has 1 aliphatic carbocycles. The highest BCUT2D eigenvalue weighted by molar-refractivity contribution is 5.95. The van der Waals surface area contributed by atoms with Gasteiger partial charge in [-0.25, -0.2) is 0 Å². The summed E-state index contributed by atoms with van der Waals surface area (Å²) in [5, 5.41) is 0. The molecule has 0 spiro atoms. The van der Waals surface area contributed by atoms with E-state index in [-0.39, 0.29) is 5.97 Å². The predicted octanol–water partition coefficient (Wildman–Crippen LogP) is 2.88. The van der Waals surface area contributed by atoms with E-state index in [4.69, 9.17) is 4.74 Å². The Balaban J connectivity index is 2.40. The molecule has 1 aliphatic rings. The minimum absolute atomic E-state index is 0.305. The van der Waals surface area contributed by atoms with E-state index in [0.717, 1.165) is 11.8 Å². The second kappa shape index (κ2) is 4.19. The van der Waals surface area contributed by atoms with Gasteiger partial charge >= 0.3 is 5.97 Å². The molecule has 0 saturated heterocycles. The molecule has 1 aromatic rings. The Morgan fingerprint density at radius 1 is 1.26 bits per heavy atom. The van der Waals surface area contributed by atoms with Crippen molar-refractivity contribution >= 4 is 12.3 Å². The Morgan fingerprint density at radius 3 is 2.26 bits per heavy atom. The van der Waals surface area contributed by atoms with Crippen LogP contribution in [0, 0.1) is 5.41 Å². The van der Waals surface area contributed by atoms with Crippen LogP contribution in [0.25, 0.3) is 0 Å². The average molecular weight is 260 g/mol. The number of ether oxygens (including phenoxy) is 1. The zero-order valence-electron chi connectivity index (χ0n) is 11.9. The van der Waals surface area contributed by atoms with Crippen LogP contribution in [0.2, 0.25) is 0 Å². The first kappa shape index (κ1) is 13.8. The van der Waals surface area contributed by atoms with Crippen LogP contribution in [0.5, 0.6) is 0 Å². The summed E-state index contributed by atoms with van der Waals surface area (Å²) in [5.41, 5.74) is -1.16. The van der Waals surface area contributed by atoms with Gasteiger partial charge in [0.25, 0.3) is 0 Å². The number of carbonyl (C=O) groups excluding carboxylic acids is 2. The van der Waals surface area contributed by atoms with Gasteiger partial charge in [0.1, 0.15) is 17.3 Å². The summed E-state index contributed by atoms with van der Waals surface area (Å²) in [4.78, 5) is 23.9. The SMILES string of the molecule is CC(C)(C)OC(=O)[C@@]1(c2ccccc2)C[C@]1(C)C=O. The van der Waals surface area contributed by atoms with Gasteiger partial charge in [-0.15, -0.1) is 0 Å². The van der Waals surface area contributed by atoms with Crippen molar-refractivity contribution in [3.8, 4) is 0 Å². The fourth-order valence-corrected chi connectivity index (χ4v) is 2.59. The Bertz CT molecular complexity index is 500. The molecule has 0 radical (unpaired) electrons. The van der Waals surface area contributed by atoms with Crippen LogP contribution in [-0.2, 0) is 19.7 Å². The van der Waals surface area contributed by atoms with Gasteiger partial charge in [0.15, 0.2) is 0 Å². The van der Waals surface area contributed by atoms with Crippen LogP contribution in [-0.4, -0.2) is 17.9 Å². The average Bonchev–Trinajstić information content (AvgIpc) is 2.97. The molecule has 0 bridgehead atoms. The smallest absolute Gasteiger partial charge is 0.318 e. The maximum absolute atomic E-state index is 12.5. The zero-order chi connectivity index (χ0) is 14.3. The van der Waals surface area contributed by atoms with Gasteiger partial charge in [0.05, 0.1) is 0 Å². The minimum Gasteiger partial charge on any atom is -0.459 e. The van der Waals surface area contributed by atoms with Gasteiger partial charge < -0.3 is 9.53 Å². The highest BCUT2D eigenvalue weighted by Crippen LogP contribution is 2.64.